The van der Waals surface area contributed by atoms with Gasteiger partial charge < -0.3 is 20.3 Å². The molecule has 0 aromatic heterocycles. The minimum Gasteiger partial charge on any atom is -0.490 e. The Morgan fingerprint density at radius 2 is 2.42 bits per heavy atom. The van der Waals surface area contributed by atoms with E-state index in [-0.39, 0.29) is 11.8 Å². The molecule has 2 aliphatic rings. The monoisotopic (exact) mass is 261 g/mol. The first-order valence-electron chi connectivity index (χ1n) is 6.73. The lowest BCUT2D eigenvalue weighted by Crippen LogP contribution is -2.29. The number of ether oxygens (including phenoxy) is 1. The van der Waals surface area contributed by atoms with Crippen LogP contribution in [0.4, 0.5) is 11.4 Å². The van der Waals surface area contributed by atoms with Crippen LogP contribution in [0.2, 0.25) is 0 Å². The van der Waals surface area contributed by atoms with Gasteiger partial charge in [-0.1, -0.05) is 0 Å². The molecule has 0 aliphatic carbocycles. The summed E-state index contributed by atoms with van der Waals surface area (Å²) < 4.78 is 5.59. The van der Waals surface area contributed by atoms with Crippen LogP contribution in [0, 0.1) is 5.92 Å². The number of nitrogens with zero attached hydrogens (tertiary/aromatic N) is 1. The number of fused-ring (bicyclic) bond motifs is 1. The van der Waals surface area contributed by atoms with Gasteiger partial charge in [0.1, 0.15) is 12.4 Å². The molecule has 2 aliphatic heterocycles. The van der Waals surface area contributed by atoms with E-state index in [2.05, 4.69) is 15.5 Å². The Morgan fingerprint density at radius 1 is 1.53 bits per heavy atom. The van der Waals surface area contributed by atoms with Crippen LogP contribution < -0.4 is 20.3 Å². The number of carbonyl (C=O) groups excluding carboxylic acids is 1. The maximum Gasteiger partial charge on any atom is 0.228 e. The quantitative estimate of drug-likeness (QED) is 0.836. The summed E-state index contributed by atoms with van der Waals surface area (Å²) in [5.74, 6) is 1.07. The van der Waals surface area contributed by atoms with Gasteiger partial charge >= 0.3 is 0 Å². The number of amides is 1. The van der Waals surface area contributed by atoms with Crippen LogP contribution >= 0.6 is 0 Å². The zero-order chi connectivity index (χ0) is 13.2. The predicted molar refractivity (Wildman–Crippen MR) is 74.8 cm³/mol. The van der Waals surface area contributed by atoms with Gasteiger partial charge in [0, 0.05) is 19.3 Å². The van der Waals surface area contributed by atoms with E-state index < -0.39 is 0 Å². The molecule has 3 rings (SSSR count). The summed E-state index contributed by atoms with van der Waals surface area (Å²) in [5.41, 5.74) is 1.88. The maximum atomic E-state index is 12.1. The van der Waals surface area contributed by atoms with Crippen molar-refractivity contribution in [3.05, 3.63) is 18.2 Å². The van der Waals surface area contributed by atoms with Gasteiger partial charge in [-0.05, 0) is 31.2 Å². The van der Waals surface area contributed by atoms with Gasteiger partial charge in [0.25, 0.3) is 0 Å². The average molecular weight is 261 g/mol. The lowest BCUT2D eigenvalue weighted by Gasteiger charge is -2.28. The lowest BCUT2D eigenvalue weighted by molar-refractivity contribution is -0.119. The van der Waals surface area contributed by atoms with Crippen molar-refractivity contribution in [3.8, 4) is 5.75 Å². The number of likely N-dealkylation sites (N-methyl/N-ethyl adjacent to an activating group) is 1. The largest absolute Gasteiger partial charge is 0.490 e. The minimum absolute atomic E-state index is 0.0880. The zero-order valence-corrected chi connectivity index (χ0v) is 11.1. The molecular formula is C14H19N3O2. The Labute approximate surface area is 112 Å². The third kappa shape index (κ3) is 2.51. The molecule has 1 aromatic rings. The smallest absolute Gasteiger partial charge is 0.228 e. The highest BCUT2D eigenvalue weighted by Crippen LogP contribution is 2.33. The van der Waals surface area contributed by atoms with Crippen molar-refractivity contribution in [3.63, 3.8) is 0 Å². The molecule has 0 radical (unpaired) electrons. The molecule has 5 heteroatoms. The summed E-state index contributed by atoms with van der Waals surface area (Å²) in [6.07, 6.45) is 0.916. The summed E-state index contributed by atoms with van der Waals surface area (Å²) in [5, 5.41) is 6.20. The highest BCUT2D eigenvalue weighted by atomic mass is 16.5. The van der Waals surface area contributed by atoms with E-state index in [4.69, 9.17) is 4.74 Å². The van der Waals surface area contributed by atoms with E-state index in [1.165, 1.54) is 0 Å². The van der Waals surface area contributed by atoms with Gasteiger partial charge in [-0.3, -0.25) is 4.79 Å². The summed E-state index contributed by atoms with van der Waals surface area (Å²) in [6.45, 7) is 3.29. The summed E-state index contributed by atoms with van der Waals surface area (Å²) in [7, 11) is 2.04. The van der Waals surface area contributed by atoms with E-state index in [0.717, 1.165) is 43.2 Å². The van der Waals surface area contributed by atoms with E-state index >= 15 is 0 Å². The number of rotatable bonds is 2. The molecule has 19 heavy (non-hydrogen) atoms. The van der Waals surface area contributed by atoms with E-state index in [1.54, 1.807) is 0 Å². The second-order valence-electron chi connectivity index (χ2n) is 5.13. The third-order valence-corrected chi connectivity index (χ3v) is 3.75. The van der Waals surface area contributed by atoms with Crippen molar-refractivity contribution in [1.29, 1.82) is 0 Å². The first-order chi connectivity index (χ1) is 9.24. The molecule has 2 N–H and O–H groups in total. The standard InChI is InChI=1S/C14H19N3O2/c1-17-6-7-19-13-3-2-11(8-12(13)17)16-14(18)10-4-5-15-9-10/h2-3,8,10,15H,4-7,9H2,1H3,(H,16,18). The molecule has 1 saturated heterocycles. The predicted octanol–water partition coefficient (Wildman–Crippen LogP) is 1.06. The van der Waals surface area contributed by atoms with E-state index in [0.29, 0.717) is 6.61 Å². The Morgan fingerprint density at radius 3 is 3.21 bits per heavy atom. The topological polar surface area (TPSA) is 53.6 Å². The molecule has 0 saturated carbocycles. The molecular weight excluding hydrogens is 242 g/mol. The molecule has 1 amide bonds. The van der Waals surface area contributed by atoms with Gasteiger partial charge in [0.15, 0.2) is 0 Å². The van der Waals surface area contributed by atoms with Gasteiger partial charge in [0.05, 0.1) is 18.2 Å². The van der Waals surface area contributed by atoms with Crippen molar-refractivity contribution in [2.75, 3.05) is 43.5 Å². The second-order valence-corrected chi connectivity index (χ2v) is 5.13. The van der Waals surface area contributed by atoms with Gasteiger partial charge in [-0.15, -0.1) is 0 Å². The van der Waals surface area contributed by atoms with Crippen molar-refractivity contribution < 1.29 is 9.53 Å². The van der Waals surface area contributed by atoms with Gasteiger partial charge in [0.2, 0.25) is 5.91 Å². The SMILES string of the molecule is CN1CCOc2ccc(NC(=O)C3CCNC3)cc21. The zero-order valence-electron chi connectivity index (χ0n) is 11.1. The molecule has 0 bridgehead atoms. The van der Waals surface area contributed by atoms with Crippen LogP contribution in [0.25, 0.3) is 0 Å². The van der Waals surface area contributed by atoms with Crippen LogP contribution in [0.15, 0.2) is 18.2 Å². The van der Waals surface area contributed by atoms with Crippen LogP contribution in [-0.4, -0.2) is 39.2 Å². The number of anilines is 2. The Hall–Kier alpha value is -1.75. The Bertz CT molecular complexity index is 484. The molecule has 1 unspecified atom stereocenters. The number of nitrogens with one attached hydrogen (secondary N) is 2. The highest BCUT2D eigenvalue weighted by molar-refractivity contribution is 5.93. The molecule has 0 spiro atoms. The highest BCUT2D eigenvalue weighted by Gasteiger charge is 2.23. The van der Waals surface area contributed by atoms with Crippen LogP contribution in [0.5, 0.6) is 5.75 Å². The average Bonchev–Trinajstić information content (AvgIpc) is 2.94. The van der Waals surface area contributed by atoms with Crippen molar-refractivity contribution in [2.24, 2.45) is 5.92 Å². The van der Waals surface area contributed by atoms with Gasteiger partial charge in [-0.2, -0.15) is 0 Å². The van der Waals surface area contributed by atoms with Crippen molar-refractivity contribution >= 4 is 17.3 Å². The molecule has 1 fully saturated rings. The molecule has 102 valence electrons. The van der Waals surface area contributed by atoms with Crippen molar-refractivity contribution in [2.45, 2.75) is 6.42 Å². The van der Waals surface area contributed by atoms with Crippen LogP contribution in [-0.2, 0) is 4.79 Å². The first-order valence-corrected chi connectivity index (χ1v) is 6.73. The normalized spacial score (nSPS) is 21.7. The Kier molecular flexibility index (Phi) is 3.29. The molecule has 2 heterocycles. The van der Waals surface area contributed by atoms with Crippen LogP contribution in [0.3, 0.4) is 0 Å². The minimum atomic E-state index is 0.0880. The summed E-state index contributed by atoms with van der Waals surface area (Å²) in [6, 6.07) is 5.81. The Balaban J connectivity index is 1.74. The fourth-order valence-electron chi connectivity index (χ4n) is 2.55. The number of benzene rings is 1. The van der Waals surface area contributed by atoms with Gasteiger partial charge in [-0.25, -0.2) is 0 Å². The molecule has 5 nitrogen and oxygen atoms in total. The fraction of sp³-hybridized carbons (Fsp3) is 0.500. The maximum absolute atomic E-state index is 12.1. The number of carbonyl (C=O) groups is 1. The number of hydrogen-bond acceptors (Lipinski definition) is 4. The second kappa shape index (κ2) is 5.09. The first kappa shape index (κ1) is 12.3. The lowest BCUT2D eigenvalue weighted by atomic mass is 10.1. The molecule has 1 atom stereocenters. The van der Waals surface area contributed by atoms with Crippen molar-refractivity contribution in [1.82, 2.24) is 5.32 Å². The number of hydrogen-bond donors (Lipinski definition) is 2. The third-order valence-electron chi connectivity index (χ3n) is 3.75. The van der Waals surface area contributed by atoms with E-state index in [1.807, 2.05) is 25.2 Å². The van der Waals surface area contributed by atoms with Crippen LogP contribution in [0.1, 0.15) is 6.42 Å². The van der Waals surface area contributed by atoms with E-state index in [9.17, 15) is 4.79 Å². The fourth-order valence-corrected chi connectivity index (χ4v) is 2.55. The summed E-state index contributed by atoms with van der Waals surface area (Å²) >= 11 is 0. The summed E-state index contributed by atoms with van der Waals surface area (Å²) in [4.78, 5) is 14.2. The molecule has 1 aromatic carbocycles.